The number of benzene rings is 5. The van der Waals surface area contributed by atoms with Crippen molar-refractivity contribution in [3.8, 4) is 0 Å². The van der Waals surface area contributed by atoms with Gasteiger partial charge < -0.3 is 20.9 Å². The van der Waals surface area contributed by atoms with Crippen LogP contribution in [-0.4, -0.2) is 66.7 Å². The molecule has 5 aromatic carbocycles. The number of carbonyl (C=O) groups is 4. The van der Waals surface area contributed by atoms with E-state index in [-0.39, 0.29) is 30.4 Å². The lowest BCUT2D eigenvalue weighted by atomic mass is 9.94. The molecule has 3 amide bonds. The molecule has 262 valence electrons. The molecule has 0 saturated carbocycles. The molecule has 0 aliphatic carbocycles. The van der Waals surface area contributed by atoms with Crippen LogP contribution in [0.4, 0.5) is 0 Å². The number of fused-ring (bicyclic) bond motifs is 2. The van der Waals surface area contributed by atoms with Gasteiger partial charge in [-0.2, -0.15) is 0 Å². The fourth-order valence-corrected chi connectivity index (χ4v) is 7.00. The van der Waals surface area contributed by atoms with Crippen molar-refractivity contribution in [2.24, 2.45) is 5.92 Å². The molecule has 1 fully saturated rings. The Hall–Kier alpha value is -5.34. The average Bonchev–Trinajstić information content (AvgIpc) is 3.16. The number of rotatable bonds is 13. The first kappa shape index (κ1) is 35.5. The lowest BCUT2D eigenvalue weighted by Crippen LogP contribution is -2.57. The quantitative estimate of drug-likeness (QED) is 0.154. The van der Waals surface area contributed by atoms with Gasteiger partial charge in [0, 0.05) is 25.8 Å². The van der Waals surface area contributed by atoms with Crippen molar-refractivity contribution < 1.29 is 19.2 Å². The lowest BCUT2D eigenvalue weighted by Gasteiger charge is -2.33. The Balaban J connectivity index is 1.30. The van der Waals surface area contributed by atoms with Crippen LogP contribution >= 0.6 is 0 Å². The maximum absolute atomic E-state index is 14.5. The maximum Gasteiger partial charge on any atom is 0.243 e. The Labute approximate surface area is 299 Å². The fourth-order valence-electron chi connectivity index (χ4n) is 7.00. The number of piperidine rings is 1. The number of Topliss-reactive ketones (excluding diaryl/α,β-unsaturated/α-hetero) is 1. The first-order valence-electron chi connectivity index (χ1n) is 17.8. The molecule has 1 saturated heterocycles. The van der Waals surface area contributed by atoms with Crippen molar-refractivity contribution in [3.63, 3.8) is 0 Å². The summed E-state index contributed by atoms with van der Waals surface area (Å²) in [6.45, 7) is 2.96. The van der Waals surface area contributed by atoms with Crippen LogP contribution in [0, 0.1) is 5.92 Å². The summed E-state index contributed by atoms with van der Waals surface area (Å²) < 4.78 is 0. The minimum atomic E-state index is -1.00. The molecule has 3 unspecified atom stereocenters. The van der Waals surface area contributed by atoms with E-state index in [0.717, 1.165) is 51.3 Å². The van der Waals surface area contributed by atoms with Gasteiger partial charge in [0.2, 0.25) is 17.7 Å². The second kappa shape index (κ2) is 16.6. The number of nitrogens with zero attached hydrogens (tertiary/aromatic N) is 1. The highest BCUT2D eigenvalue weighted by molar-refractivity contribution is 5.95. The van der Waals surface area contributed by atoms with Gasteiger partial charge >= 0.3 is 0 Å². The van der Waals surface area contributed by atoms with E-state index in [1.54, 1.807) is 11.9 Å². The lowest BCUT2D eigenvalue weighted by molar-refractivity contribution is -0.143. The molecule has 0 spiro atoms. The van der Waals surface area contributed by atoms with Crippen LogP contribution in [0.15, 0.2) is 115 Å². The second-order valence-corrected chi connectivity index (χ2v) is 13.7. The van der Waals surface area contributed by atoms with E-state index >= 15 is 0 Å². The number of amides is 3. The van der Waals surface area contributed by atoms with Gasteiger partial charge in [0.15, 0.2) is 5.78 Å². The summed E-state index contributed by atoms with van der Waals surface area (Å²) in [6.07, 6.45) is 2.21. The van der Waals surface area contributed by atoms with Crippen molar-refractivity contribution in [3.05, 3.63) is 132 Å². The van der Waals surface area contributed by atoms with Gasteiger partial charge in [-0.25, -0.2) is 0 Å². The van der Waals surface area contributed by atoms with Gasteiger partial charge in [0.25, 0.3) is 0 Å². The summed E-state index contributed by atoms with van der Waals surface area (Å²) in [5.41, 5.74) is 2.69. The molecule has 51 heavy (non-hydrogen) atoms. The molecule has 8 heteroatoms. The zero-order valence-electron chi connectivity index (χ0n) is 29.3. The minimum absolute atomic E-state index is 0.0764. The van der Waals surface area contributed by atoms with E-state index in [2.05, 4.69) is 22.0 Å². The predicted molar refractivity (Wildman–Crippen MR) is 202 cm³/mol. The van der Waals surface area contributed by atoms with E-state index in [0.29, 0.717) is 19.3 Å². The van der Waals surface area contributed by atoms with Crippen molar-refractivity contribution in [2.75, 3.05) is 20.1 Å². The smallest absolute Gasteiger partial charge is 0.243 e. The monoisotopic (exact) mass is 682 g/mol. The summed E-state index contributed by atoms with van der Waals surface area (Å²) in [4.78, 5) is 56.9. The van der Waals surface area contributed by atoms with E-state index < -0.39 is 29.9 Å². The molecule has 3 N–H and O–H groups in total. The normalized spacial score (nSPS) is 15.1. The molecule has 6 rings (SSSR count). The number of likely N-dealkylation sites (N-methyl/N-ethyl adjacent to an activating group) is 1. The first-order chi connectivity index (χ1) is 24.7. The Bertz CT molecular complexity index is 2010. The van der Waals surface area contributed by atoms with Crippen LogP contribution in [-0.2, 0) is 38.4 Å². The summed E-state index contributed by atoms with van der Waals surface area (Å²) in [7, 11) is 1.69. The van der Waals surface area contributed by atoms with Crippen molar-refractivity contribution in [2.45, 2.75) is 57.2 Å². The molecule has 3 atom stereocenters. The third-order valence-electron chi connectivity index (χ3n) is 10.0. The first-order valence-corrected chi connectivity index (χ1v) is 17.8. The molecular formula is C43H46N4O4. The number of hydrogen-bond donors (Lipinski definition) is 3. The number of nitrogens with one attached hydrogen (secondary N) is 3. The van der Waals surface area contributed by atoms with Crippen LogP contribution in [0.25, 0.3) is 21.5 Å². The van der Waals surface area contributed by atoms with Crippen LogP contribution in [0.5, 0.6) is 0 Å². The summed E-state index contributed by atoms with van der Waals surface area (Å²) in [5, 5.41) is 13.5. The largest absolute Gasteiger partial charge is 0.344 e. The maximum atomic E-state index is 14.5. The summed E-state index contributed by atoms with van der Waals surface area (Å²) >= 11 is 0. The molecule has 1 heterocycles. The molecule has 0 aromatic heterocycles. The summed E-state index contributed by atoms with van der Waals surface area (Å²) in [6, 6.07) is 35.0. The summed E-state index contributed by atoms with van der Waals surface area (Å²) in [5.74, 6) is -1.31. The van der Waals surface area contributed by atoms with Crippen molar-refractivity contribution >= 4 is 45.0 Å². The Morgan fingerprint density at radius 1 is 0.627 bits per heavy atom. The highest BCUT2D eigenvalue weighted by Crippen LogP contribution is 2.22. The molecule has 0 bridgehead atoms. The number of ketones is 1. The Morgan fingerprint density at radius 2 is 1.14 bits per heavy atom. The zero-order chi connectivity index (χ0) is 35.7. The van der Waals surface area contributed by atoms with Gasteiger partial charge in [-0.3, -0.25) is 19.2 Å². The highest BCUT2D eigenvalue weighted by Gasteiger charge is 2.35. The van der Waals surface area contributed by atoms with Gasteiger partial charge in [0.1, 0.15) is 12.1 Å². The van der Waals surface area contributed by atoms with E-state index in [4.69, 9.17) is 0 Å². The van der Waals surface area contributed by atoms with Crippen molar-refractivity contribution in [1.29, 1.82) is 0 Å². The van der Waals surface area contributed by atoms with E-state index in [1.807, 2.05) is 109 Å². The van der Waals surface area contributed by atoms with Gasteiger partial charge in [0.05, 0.1) is 6.04 Å². The zero-order valence-corrected chi connectivity index (χ0v) is 29.3. The van der Waals surface area contributed by atoms with Crippen LogP contribution in [0.2, 0.25) is 0 Å². The third-order valence-corrected chi connectivity index (χ3v) is 10.0. The minimum Gasteiger partial charge on any atom is -0.344 e. The molecule has 1 aliphatic rings. The Kier molecular flexibility index (Phi) is 11.5. The molecule has 8 nitrogen and oxygen atoms in total. The SMILES string of the molecule is CC(=O)C(Cc1ccccc1)NC(=O)C(Cc1ccc2ccccc2c1)NC(=O)C(Cc1ccc2ccccc2c1)N(C)C(=O)C1CCNCC1. The van der Waals surface area contributed by atoms with Crippen LogP contribution < -0.4 is 16.0 Å². The van der Waals surface area contributed by atoms with Crippen molar-refractivity contribution in [1.82, 2.24) is 20.9 Å². The standard InChI is InChI=1S/C43H46N4O4/c1-29(48)38(26-30-10-4-3-5-11-30)45-41(49)39(27-31-16-18-33-12-6-8-14-36(33)24-31)46-42(50)40(47(2)43(51)35-20-22-44-23-21-35)28-32-17-19-34-13-7-9-15-37(34)25-32/h3-19,24-25,35,38-40,44H,20-23,26-28H2,1-2H3,(H,45,49)(H,46,50). The number of hydrogen-bond acceptors (Lipinski definition) is 5. The fraction of sp³-hybridized carbons (Fsp3) is 0.302. The molecule has 5 aromatic rings. The van der Waals surface area contributed by atoms with Crippen LogP contribution in [0.3, 0.4) is 0 Å². The van der Waals surface area contributed by atoms with Gasteiger partial charge in [-0.15, -0.1) is 0 Å². The average molecular weight is 683 g/mol. The highest BCUT2D eigenvalue weighted by atomic mass is 16.2. The molecule has 1 aliphatic heterocycles. The predicted octanol–water partition coefficient (Wildman–Crippen LogP) is 5.41. The van der Waals surface area contributed by atoms with Gasteiger partial charge in [-0.05, 0) is 77.5 Å². The number of carbonyl (C=O) groups excluding carboxylic acids is 4. The van der Waals surface area contributed by atoms with Gasteiger partial charge in [-0.1, -0.05) is 115 Å². The third kappa shape index (κ3) is 9.07. The van der Waals surface area contributed by atoms with E-state index in [9.17, 15) is 19.2 Å². The topological polar surface area (TPSA) is 108 Å². The van der Waals surface area contributed by atoms with E-state index in [1.165, 1.54) is 6.92 Å². The molecule has 0 radical (unpaired) electrons. The Morgan fingerprint density at radius 3 is 1.73 bits per heavy atom. The second-order valence-electron chi connectivity index (χ2n) is 13.7. The van der Waals surface area contributed by atoms with Crippen LogP contribution in [0.1, 0.15) is 36.5 Å². The molecular weight excluding hydrogens is 636 g/mol.